The quantitative estimate of drug-likeness (QED) is 0.0904. The monoisotopic (exact) mass is 617 g/mol. The number of Topliss-reactive ketones (excluding diaryl/α,β-unsaturated/α-hetero) is 1. The Balaban J connectivity index is 1.06. The summed E-state index contributed by atoms with van der Waals surface area (Å²) < 4.78 is 0. The first-order valence-electron chi connectivity index (χ1n) is 17.0. The van der Waals surface area contributed by atoms with Crippen LogP contribution >= 0.6 is 0 Å². The van der Waals surface area contributed by atoms with Gasteiger partial charge in [-0.3, -0.25) is 19.4 Å². The van der Waals surface area contributed by atoms with Crippen molar-refractivity contribution < 1.29 is 9.59 Å². The molecule has 0 bridgehead atoms. The van der Waals surface area contributed by atoms with Crippen molar-refractivity contribution in [2.24, 2.45) is 0 Å². The van der Waals surface area contributed by atoms with Crippen LogP contribution in [0.5, 0.6) is 0 Å². The van der Waals surface area contributed by atoms with E-state index in [1.807, 2.05) is 24.3 Å². The van der Waals surface area contributed by atoms with Crippen molar-refractivity contribution in [2.45, 2.75) is 77.5 Å². The number of carbonyl (C=O) groups excluding carboxylic acids is 2. The molecule has 0 spiro atoms. The van der Waals surface area contributed by atoms with Crippen molar-refractivity contribution in [3.8, 4) is 0 Å². The van der Waals surface area contributed by atoms with Crippen LogP contribution in [0.25, 0.3) is 0 Å². The minimum Gasteiger partial charge on any atom is -0.356 e. The van der Waals surface area contributed by atoms with E-state index in [9.17, 15) is 9.59 Å². The zero-order valence-corrected chi connectivity index (χ0v) is 27.4. The van der Waals surface area contributed by atoms with Gasteiger partial charge in [0, 0.05) is 65.1 Å². The molecule has 4 rings (SSSR count). The molecule has 242 valence electrons. The number of ketones is 1. The molecular weight excluding hydrogens is 566 g/mol. The lowest BCUT2D eigenvalue weighted by molar-refractivity contribution is -0.121. The van der Waals surface area contributed by atoms with Gasteiger partial charge in [-0.05, 0) is 35.1 Å². The lowest BCUT2D eigenvalue weighted by Gasteiger charge is -2.22. The van der Waals surface area contributed by atoms with Gasteiger partial charge in [-0.2, -0.15) is 0 Å². The molecule has 0 aliphatic carbocycles. The SMILES string of the molecule is O=C(CCCCCCCNC(=O)CCN(Cc1ccccc1)Cc1ccccc1)CCN(Cc1ccccc1)Cc1ccccc1. The van der Waals surface area contributed by atoms with Gasteiger partial charge in [0.05, 0.1) is 0 Å². The number of amides is 1. The zero-order chi connectivity index (χ0) is 32.1. The zero-order valence-electron chi connectivity index (χ0n) is 27.4. The molecule has 0 aliphatic rings. The van der Waals surface area contributed by atoms with Gasteiger partial charge in [0.25, 0.3) is 0 Å². The topological polar surface area (TPSA) is 52.7 Å². The van der Waals surface area contributed by atoms with E-state index in [-0.39, 0.29) is 5.91 Å². The van der Waals surface area contributed by atoms with Crippen LogP contribution in [0.3, 0.4) is 0 Å². The number of rotatable bonds is 22. The highest BCUT2D eigenvalue weighted by Crippen LogP contribution is 2.13. The van der Waals surface area contributed by atoms with E-state index in [0.717, 1.165) is 71.4 Å². The van der Waals surface area contributed by atoms with E-state index >= 15 is 0 Å². The molecule has 4 aromatic carbocycles. The average Bonchev–Trinajstić information content (AvgIpc) is 3.09. The van der Waals surface area contributed by atoms with Gasteiger partial charge in [-0.25, -0.2) is 0 Å². The normalized spacial score (nSPS) is 11.2. The first kappa shape index (κ1) is 34.8. The van der Waals surface area contributed by atoms with Gasteiger partial charge < -0.3 is 5.32 Å². The van der Waals surface area contributed by atoms with Crippen LogP contribution in [-0.4, -0.2) is 41.1 Å². The Bertz CT molecular complexity index is 1190. The molecular formula is C41H51N3O2. The first-order chi connectivity index (χ1) is 22.6. The summed E-state index contributed by atoms with van der Waals surface area (Å²) in [4.78, 5) is 30.0. The van der Waals surface area contributed by atoms with Gasteiger partial charge >= 0.3 is 0 Å². The number of hydrogen-bond acceptors (Lipinski definition) is 4. The summed E-state index contributed by atoms with van der Waals surface area (Å²) in [6, 6.07) is 41.9. The van der Waals surface area contributed by atoms with E-state index < -0.39 is 0 Å². The highest BCUT2D eigenvalue weighted by Gasteiger charge is 2.12. The summed E-state index contributed by atoms with van der Waals surface area (Å²) >= 11 is 0. The summed E-state index contributed by atoms with van der Waals surface area (Å²) in [6.45, 7) is 5.56. The molecule has 0 saturated heterocycles. The summed E-state index contributed by atoms with van der Waals surface area (Å²) in [7, 11) is 0. The minimum atomic E-state index is 0.116. The van der Waals surface area contributed by atoms with Crippen molar-refractivity contribution in [3.05, 3.63) is 144 Å². The maximum Gasteiger partial charge on any atom is 0.221 e. The Hall–Kier alpha value is -4.06. The van der Waals surface area contributed by atoms with E-state index in [0.29, 0.717) is 31.6 Å². The van der Waals surface area contributed by atoms with Crippen molar-refractivity contribution in [3.63, 3.8) is 0 Å². The Morgan fingerprint density at radius 2 is 0.804 bits per heavy atom. The molecule has 0 atom stereocenters. The Labute approximate surface area is 276 Å². The molecule has 5 heteroatoms. The Morgan fingerprint density at radius 3 is 1.24 bits per heavy atom. The van der Waals surface area contributed by atoms with Crippen molar-refractivity contribution >= 4 is 11.7 Å². The highest BCUT2D eigenvalue weighted by molar-refractivity contribution is 5.78. The number of nitrogens with zero attached hydrogens (tertiary/aromatic N) is 2. The van der Waals surface area contributed by atoms with E-state index in [1.165, 1.54) is 22.3 Å². The average molecular weight is 618 g/mol. The first-order valence-corrected chi connectivity index (χ1v) is 17.0. The van der Waals surface area contributed by atoms with Crippen molar-refractivity contribution in [2.75, 3.05) is 19.6 Å². The van der Waals surface area contributed by atoms with E-state index in [2.05, 4.69) is 112 Å². The third kappa shape index (κ3) is 14.4. The lowest BCUT2D eigenvalue weighted by atomic mass is 10.1. The maximum atomic E-state index is 12.7. The number of carbonyl (C=O) groups is 2. The molecule has 46 heavy (non-hydrogen) atoms. The maximum absolute atomic E-state index is 12.7. The summed E-state index contributed by atoms with van der Waals surface area (Å²) in [5.41, 5.74) is 5.06. The molecule has 5 nitrogen and oxygen atoms in total. The fourth-order valence-electron chi connectivity index (χ4n) is 5.76. The van der Waals surface area contributed by atoms with Crippen LogP contribution < -0.4 is 5.32 Å². The van der Waals surface area contributed by atoms with Crippen molar-refractivity contribution in [1.29, 1.82) is 0 Å². The van der Waals surface area contributed by atoms with E-state index in [4.69, 9.17) is 0 Å². The second-order valence-electron chi connectivity index (χ2n) is 12.3. The largest absolute Gasteiger partial charge is 0.356 e. The third-order valence-corrected chi connectivity index (χ3v) is 8.31. The van der Waals surface area contributed by atoms with Gasteiger partial charge in [-0.1, -0.05) is 141 Å². The van der Waals surface area contributed by atoms with Crippen LogP contribution in [0.15, 0.2) is 121 Å². The molecule has 0 heterocycles. The minimum absolute atomic E-state index is 0.116. The van der Waals surface area contributed by atoms with Gasteiger partial charge in [-0.15, -0.1) is 0 Å². The van der Waals surface area contributed by atoms with Crippen LogP contribution in [0.1, 0.15) is 73.6 Å². The third-order valence-electron chi connectivity index (χ3n) is 8.31. The Morgan fingerprint density at radius 1 is 0.435 bits per heavy atom. The van der Waals surface area contributed by atoms with Gasteiger partial charge in [0.1, 0.15) is 5.78 Å². The number of benzene rings is 4. The fraction of sp³-hybridized carbons (Fsp3) is 0.366. The number of unbranched alkanes of at least 4 members (excludes halogenated alkanes) is 4. The predicted octanol–water partition coefficient (Wildman–Crippen LogP) is 8.20. The van der Waals surface area contributed by atoms with Gasteiger partial charge in [0.2, 0.25) is 5.91 Å². The molecule has 0 saturated carbocycles. The smallest absolute Gasteiger partial charge is 0.221 e. The Kier molecular flexibility index (Phi) is 15.8. The molecule has 1 N–H and O–H groups in total. The van der Waals surface area contributed by atoms with E-state index in [1.54, 1.807) is 0 Å². The molecule has 0 unspecified atom stereocenters. The number of nitrogens with one attached hydrogen (secondary N) is 1. The fourth-order valence-corrected chi connectivity index (χ4v) is 5.76. The predicted molar refractivity (Wildman–Crippen MR) is 189 cm³/mol. The van der Waals surface area contributed by atoms with Crippen LogP contribution in [0, 0.1) is 0 Å². The second-order valence-corrected chi connectivity index (χ2v) is 12.3. The standard InChI is InChI=1S/C41H51N3O2/c45-40(27-30-43(32-36-18-8-4-9-19-36)33-37-20-10-5-11-21-37)26-16-2-1-3-17-29-42-41(46)28-31-44(34-38-22-12-6-13-23-38)35-39-24-14-7-15-25-39/h4-15,18-25H,1-3,16-17,26-35H2,(H,42,46). The summed E-state index contributed by atoms with van der Waals surface area (Å²) in [6.07, 6.45) is 6.90. The number of hydrogen-bond donors (Lipinski definition) is 1. The van der Waals surface area contributed by atoms with Gasteiger partial charge in [0.15, 0.2) is 0 Å². The molecule has 0 fully saturated rings. The molecule has 0 radical (unpaired) electrons. The van der Waals surface area contributed by atoms with Crippen LogP contribution in [-0.2, 0) is 35.8 Å². The van der Waals surface area contributed by atoms with Crippen LogP contribution in [0.4, 0.5) is 0 Å². The molecule has 0 aromatic heterocycles. The molecule has 4 aromatic rings. The second kappa shape index (κ2) is 20.9. The molecule has 1 amide bonds. The highest BCUT2D eigenvalue weighted by atomic mass is 16.1. The van der Waals surface area contributed by atoms with Crippen molar-refractivity contribution in [1.82, 2.24) is 15.1 Å². The lowest BCUT2D eigenvalue weighted by Crippen LogP contribution is -2.31. The van der Waals surface area contributed by atoms with Crippen LogP contribution in [0.2, 0.25) is 0 Å². The summed E-state index contributed by atoms with van der Waals surface area (Å²) in [5, 5.41) is 3.11. The molecule has 0 aliphatic heterocycles. The summed E-state index contributed by atoms with van der Waals surface area (Å²) in [5.74, 6) is 0.470.